The summed E-state index contributed by atoms with van der Waals surface area (Å²) in [5.41, 5.74) is -0.0265. The molecule has 0 spiro atoms. The third kappa shape index (κ3) is 5.24. The zero-order valence-electron chi connectivity index (χ0n) is 21.3. The topological polar surface area (TPSA) is 104 Å². The van der Waals surface area contributed by atoms with Gasteiger partial charge in [-0.25, -0.2) is 16.8 Å². The second-order valence-corrected chi connectivity index (χ2v) is 14.8. The highest BCUT2D eigenvalue weighted by molar-refractivity contribution is 8.10. The lowest BCUT2D eigenvalue weighted by atomic mass is 9.84. The molecule has 0 aliphatic carbocycles. The number of carbonyl (C=O) groups excluding carboxylic acids is 1. The van der Waals surface area contributed by atoms with Gasteiger partial charge in [-0.1, -0.05) is 42.5 Å². The lowest BCUT2D eigenvalue weighted by Crippen LogP contribution is -2.57. The van der Waals surface area contributed by atoms with Gasteiger partial charge in [0.15, 0.2) is 0 Å². The van der Waals surface area contributed by atoms with Crippen molar-refractivity contribution in [3.8, 4) is 0 Å². The molecule has 1 aromatic heterocycles. The average Bonchev–Trinajstić information content (AvgIpc) is 3.38. The first-order valence-corrected chi connectivity index (χ1v) is 16.4. The average molecular weight is 618 g/mol. The van der Waals surface area contributed by atoms with Crippen LogP contribution >= 0.6 is 23.7 Å². The molecule has 3 saturated heterocycles. The monoisotopic (exact) mass is 617 g/mol. The van der Waals surface area contributed by atoms with Gasteiger partial charge in [-0.05, 0) is 79.7 Å². The Kier molecular flexibility index (Phi) is 7.95. The van der Waals surface area contributed by atoms with Gasteiger partial charge in [0, 0.05) is 17.3 Å². The number of hydrogen-bond donors (Lipinski definition) is 1. The van der Waals surface area contributed by atoms with E-state index in [-0.39, 0.29) is 39.8 Å². The lowest BCUT2D eigenvalue weighted by Gasteiger charge is -2.44. The van der Waals surface area contributed by atoms with Crippen LogP contribution in [0.5, 0.6) is 0 Å². The Labute approximate surface area is 244 Å². The van der Waals surface area contributed by atoms with Crippen LogP contribution in [-0.4, -0.2) is 53.3 Å². The minimum absolute atomic E-state index is 0. The van der Waals surface area contributed by atoms with Gasteiger partial charge in [0.25, 0.3) is 26.0 Å². The zero-order valence-corrected chi connectivity index (χ0v) is 24.6. The molecule has 1 N–H and O–H groups in total. The van der Waals surface area contributed by atoms with Crippen molar-refractivity contribution in [2.45, 2.75) is 28.7 Å². The van der Waals surface area contributed by atoms with Crippen molar-refractivity contribution < 1.29 is 21.6 Å². The number of fused-ring (bicyclic) bond motifs is 4. The molecule has 1 atom stereocenters. The molecule has 1 amide bonds. The second kappa shape index (κ2) is 11.1. The molecule has 0 saturated carbocycles. The third-order valence-electron chi connectivity index (χ3n) is 7.43. The Bertz CT molecular complexity index is 1670. The summed E-state index contributed by atoms with van der Waals surface area (Å²) < 4.78 is 56.2. The van der Waals surface area contributed by atoms with Gasteiger partial charge in [-0.3, -0.25) is 4.79 Å². The van der Waals surface area contributed by atoms with Crippen molar-refractivity contribution >= 4 is 65.5 Å². The van der Waals surface area contributed by atoms with E-state index in [0.717, 1.165) is 37.9 Å². The number of hydrogen-bond acceptors (Lipinski definition) is 7. The highest BCUT2D eigenvalue weighted by atomic mass is 35.5. The molecule has 2 bridgehead atoms. The minimum atomic E-state index is -4.50. The summed E-state index contributed by atoms with van der Waals surface area (Å²) in [7, 11) is -8.99. The molecule has 40 heavy (non-hydrogen) atoms. The number of amides is 1. The van der Waals surface area contributed by atoms with Gasteiger partial charge in [-0.2, -0.15) is 3.71 Å². The maximum atomic E-state index is 13.8. The van der Waals surface area contributed by atoms with Crippen molar-refractivity contribution in [3.63, 3.8) is 0 Å². The molecule has 210 valence electrons. The van der Waals surface area contributed by atoms with Gasteiger partial charge in [0.05, 0.1) is 20.4 Å². The molecule has 3 aliphatic heterocycles. The van der Waals surface area contributed by atoms with Crippen LogP contribution in [-0.2, 0) is 20.0 Å². The van der Waals surface area contributed by atoms with Crippen molar-refractivity contribution in [1.29, 1.82) is 0 Å². The van der Waals surface area contributed by atoms with E-state index in [1.807, 2.05) is 0 Å². The van der Waals surface area contributed by atoms with E-state index in [2.05, 4.69) is 10.2 Å². The minimum Gasteiger partial charge on any atom is -0.347 e. The number of sulfonamides is 2. The Morgan fingerprint density at radius 2 is 1.40 bits per heavy atom. The van der Waals surface area contributed by atoms with Crippen molar-refractivity contribution in [1.82, 2.24) is 10.2 Å². The molecule has 3 fully saturated rings. The van der Waals surface area contributed by atoms with E-state index in [4.69, 9.17) is 0 Å². The van der Waals surface area contributed by atoms with Gasteiger partial charge in [-0.15, -0.1) is 23.7 Å². The number of thiophene rings is 1. The quantitative estimate of drug-likeness (QED) is 0.322. The molecule has 0 radical (unpaired) electrons. The fourth-order valence-electron chi connectivity index (χ4n) is 5.40. The fourth-order valence-corrected chi connectivity index (χ4v) is 10.1. The van der Waals surface area contributed by atoms with Crippen LogP contribution < -0.4 is 9.03 Å². The van der Waals surface area contributed by atoms with E-state index < -0.39 is 20.0 Å². The van der Waals surface area contributed by atoms with Crippen LogP contribution in [0.4, 0.5) is 5.69 Å². The Morgan fingerprint density at radius 3 is 1.93 bits per heavy atom. The lowest BCUT2D eigenvalue weighted by molar-refractivity contribution is 0.0622. The number of halogens is 1. The Hall–Kier alpha value is -2.96. The second-order valence-electron chi connectivity index (χ2n) is 9.88. The summed E-state index contributed by atoms with van der Waals surface area (Å²) >= 11 is 1.22. The molecule has 4 aromatic rings. The van der Waals surface area contributed by atoms with Crippen LogP contribution in [0.15, 0.2) is 94.7 Å². The summed E-state index contributed by atoms with van der Waals surface area (Å²) in [6.45, 7) is 3.02. The van der Waals surface area contributed by atoms with Crippen LogP contribution in [0.2, 0.25) is 0 Å². The molecular formula is C28H28ClN3O5S3. The normalized spacial score (nSPS) is 20.6. The van der Waals surface area contributed by atoms with Gasteiger partial charge >= 0.3 is 0 Å². The van der Waals surface area contributed by atoms with Gasteiger partial charge in [0.2, 0.25) is 0 Å². The standard InChI is InChI=1S/C28H27N3O5S3.ClH/c32-28(29-25-19-30-15-13-20(25)14-16-30)27-17-21-11-12-22(18-26(21)37-27)31(38(33,34)23-7-3-1-4-8-23)39(35,36)24-9-5-2-6-10-24;/h1-12,17-18,20,25H,13-16,19H2,(H,29,32);1H/t25-;/m0./s1. The van der Waals surface area contributed by atoms with E-state index >= 15 is 0 Å². The summed E-state index contributed by atoms with van der Waals surface area (Å²) in [6, 6.07) is 21.5. The molecule has 7 rings (SSSR count). The van der Waals surface area contributed by atoms with E-state index in [0.29, 0.717) is 19.2 Å². The first kappa shape index (κ1) is 28.6. The number of nitrogens with zero attached hydrogens (tertiary/aromatic N) is 2. The number of anilines is 1. The predicted molar refractivity (Wildman–Crippen MR) is 159 cm³/mol. The molecule has 4 heterocycles. The maximum absolute atomic E-state index is 13.8. The van der Waals surface area contributed by atoms with E-state index in [9.17, 15) is 21.6 Å². The molecule has 12 heteroatoms. The number of piperidine rings is 3. The number of benzene rings is 3. The first-order valence-electron chi connectivity index (χ1n) is 12.7. The molecule has 0 unspecified atom stereocenters. The SMILES string of the molecule is Cl.O=C(N[C@H]1CN2CCC1CC2)c1cc2ccc(N(S(=O)(=O)c3ccccc3)S(=O)(=O)c3ccccc3)cc2s1. The predicted octanol–water partition coefficient (Wildman–Crippen LogP) is 4.73. The Balaban J connectivity index is 0.00000323. The largest absolute Gasteiger partial charge is 0.347 e. The molecule has 3 aromatic carbocycles. The van der Waals surface area contributed by atoms with Crippen LogP contribution in [0.3, 0.4) is 0 Å². The van der Waals surface area contributed by atoms with Crippen molar-refractivity contribution in [3.05, 3.63) is 89.8 Å². The summed E-state index contributed by atoms with van der Waals surface area (Å²) in [5.74, 6) is 0.321. The summed E-state index contributed by atoms with van der Waals surface area (Å²) in [5, 5.41) is 3.92. The van der Waals surface area contributed by atoms with E-state index in [1.54, 1.807) is 48.5 Å². The third-order valence-corrected chi connectivity index (χ3v) is 12.7. The summed E-state index contributed by atoms with van der Waals surface area (Å²) in [4.78, 5) is 15.7. The Morgan fingerprint density at radius 1 is 0.825 bits per heavy atom. The smallest absolute Gasteiger partial charge is 0.277 e. The van der Waals surface area contributed by atoms with Crippen molar-refractivity contribution in [2.75, 3.05) is 23.3 Å². The van der Waals surface area contributed by atoms with Crippen LogP contribution in [0.1, 0.15) is 22.5 Å². The first-order chi connectivity index (χ1) is 18.7. The van der Waals surface area contributed by atoms with Gasteiger partial charge < -0.3 is 10.2 Å². The van der Waals surface area contributed by atoms with Crippen LogP contribution in [0, 0.1) is 5.92 Å². The fraction of sp³-hybridized carbons (Fsp3) is 0.250. The highest BCUT2D eigenvalue weighted by Crippen LogP contribution is 2.36. The van der Waals surface area contributed by atoms with E-state index in [1.165, 1.54) is 47.7 Å². The molecular weight excluding hydrogens is 590 g/mol. The van der Waals surface area contributed by atoms with Crippen LogP contribution in [0.25, 0.3) is 10.1 Å². The maximum Gasteiger partial charge on any atom is 0.277 e. The number of carbonyl (C=O) groups is 1. The number of rotatable bonds is 7. The zero-order chi connectivity index (χ0) is 27.2. The van der Waals surface area contributed by atoms with Gasteiger partial charge in [0.1, 0.15) is 0 Å². The molecule has 8 nitrogen and oxygen atoms in total. The van der Waals surface area contributed by atoms with Crippen molar-refractivity contribution in [2.24, 2.45) is 5.92 Å². The highest BCUT2D eigenvalue weighted by Gasteiger charge is 2.38. The summed E-state index contributed by atoms with van der Waals surface area (Å²) in [6.07, 6.45) is 2.17. The molecule has 3 aliphatic rings. The number of nitrogens with one attached hydrogen (secondary N) is 1.